The van der Waals surface area contributed by atoms with Crippen LogP contribution in [0.25, 0.3) is 10.2 Å². The van der Waals surface area contributed by atoms with Gasteiger partial charge in [0, 0.05) is 18.7 Å². The Balaban J connectivity index is 1.91. The summed E-state index contributed by atoms with van der Waals surface area (Å²) in [5.41, 5.74) is 1.32. The van der Waals surface area contributed by atoms with Crippen molar-refractivity contribution in [3.63, 3.8) is 0 Å². The third kappa shape index (κ3) is 3.96. The molecule has 0 bridgehead atoms. The minimum atomic E-state index is -3.80. The summed E-state index contributed by atoms with van der Waals surface area (Å²) in [5, 5.41) is 0. The van der Waals surface area contributed by atoms with E-state index in [0.29, 0.717) is 34.1 Å². The van der Waals surface area contributed by atoms with Crippen LogP contribution in [-0.4, -0.2) is 34.3 Å². The van der Waals surface area contributed by atoms with Crippen LogP contribution in [0, 0.1) is 0 Å². The fourth-order valence-electron chi connectivity index (χ4n) is 3.07. The second kappa shape index (κ2) is 8.44. The third-order valence-corrected chi connectivity index (χ3v) is 6.85. The lowest BCUT2D eigenvalue weighted by atomic mass is 10.1. The van der Waals surface area contributed by atoms with Crippen LogP contribution in [0.4, 0.5) is 0 Å². The average molecular weight is 439 g/mol. The van der Waals surface area contributed by atoms with E-state index < -0.39 is 10.0 Å². The molecule has 3 rings (SSSR count). The minimum Gasteiger partial charge on any atom is -0.493 e. The van der Waals surface area contributed by atoms with Crippen molar-refractivity contribution in [1.82, 2.24) is 9.29 Å². The molecule has 29 heavy (non-hydrogen) atoms. The van der Waals surface area contributed by atoms with Gasteiger partial charge in [-0.15, -0.1) is 0 Å². The number of thiazole rings is 1. The predicted octanol–water partition coefficient (Wildman–Crippen LogP) is 2.59. The van der Waals surface area contributed by atoms with Gasteiger partial charge in [-0.25, -0.2) is 13.1 Å². The van der Waals surface area contributed by atoms with Gasteiger partial charge in [0.1, 0.15) is 0 Å². The Morgan fingerprint density at radius 3 is 2.38 bits per heavy atom. The first-order chi connectivity index (χ1) is 13.9. The molecule has 0 saturated heterocycles. The standard InChI is InChI=1S/C19H22N2O6S2/c1-5-21-14-8-7-13(10-16(14)28-19(21)22)29(23,24)20-11-12-6-9-15(25-2)18(27-4)17(12)26-3/h6-10,20H,5,11H2,1-4H3. The van der Waals surface area contributed by atoms with E-state index in [-0.39, 0.29) is 16.3 Å². The summed E-state index contributed by atoms with van der Waals surface area (Å²) in [4.78, 5) is 12.0. The smallest absolute Gasteiger partial charge is 0.308 e. The summed E-state index contributed by atoms with van der Waals surface area (Å²) in [6.07, 6.45) is 0. The van der Waals surface area contributed by atoms with Gasteiger partial charge < -0.3 is 14.2 Å². The summed E-state index contributed by atoms with van der Waals surface area (Å²) in [7, 11) is 0.666. The number of ether oxygens (including phenoxy) is 3. The average Bonchev–Trinajstić information content (AvgIpc) is 3.05. The van der Waals surface area contributed by atoms with Gasteiger partial charge in [-0.3, -0.25) is 9.36 Å². The summed E-state index contributed by atoms with van der Waals surface area (Å²) in [5.74, 6) is 1.26. The first-order valence-electron chi connectivity index (χ1n) is 8.77. The molecule has 156 valence electrons. The largest absolute Gasteiger partial charge is 0.493 e. The maximum Gasteiger partial charge on any atom is 0.308 e. The van der Waals surface area contributed by atoms with Crippen molar-refractivity contribution in [2.24, 2.45) is 0 Å². The zero-order valence-electron chi connectivity index (χ0n) is 16.5. The van der Waals surface area contributed by atoms with Crippen molar-refractivity contribution in [2.45, 2.75) is 24.9 Å². The van der Waals surface area contributed by atoms with E-state index in [1.165, 1.54) is 33.5 Å². The lowest BCUT2D eigenvalue weighted by molar-refractivity contribution is 0.322. The highest BCUT2D eigenvalue weighted by Crippen LogP contribution is 2.39. The maximum atomic E-state index is 12.8. The van der Waals surface area contributed by atoms with E-state index in [2.05, 4.69) is 4.72 Å². The Bertz CT molecular complexity index is 1200. The Morgan fingerprint density at radius 2 is 1.76 bits per heavy atom. The first-order valence-corrected chi connectivity index (χ1v) is 11.1. The molecule has 10 heteroatoms. The van der Waals surface area contributed by atoms with Gasteiger partial charge in [-0.05, 0) is 31.2 Å². The van der Waals surface area contributed by atoms with Crippen LogP contribution >= 0.6 is 11.3 Å². The lowest BCUT2D eigenvalue weighted by Gasteiger charge is -2.16. The van der Waals surface area contributed by atoms with Crippen molar-refractivity contribution in [1.29, 1.82) is 0 Å². The summed E-state index contributed by atoms with van der Waals surface area (Å²) >= 11 is 1.03. The molecule has 1 heterocycles. The monoisotopic (exact) mass is 438 g/mol. The fourth-order valence-corrected chi connectivity index (χ4v) is 5.17. The Morgan fingerprint density at radius 1 is 1.03 bits per heavy atom. The molecule has 0 radical (unpaired) electrons. The molecule has 0 saturated carbocycles. The molecule has 2 aromatic carbocycles. The lowest BCUT2D eigenvalue weighted by Crippen LogP contribution is -2.23. The zero-order valence-corrected chi connectivity index (χ0v) is 18.1. The van der Waals surface area contributed by atoms with Crippen LogP contribution in [0.15, 0.2) is 40.0 Å². The molecule has 0 atom stereocenters. The highest BCUT2D eigenvalue weighted by molar-refractivity contribution is 7.89. The summed E-state index contributed by atoms with van der Waals surface area (Å²) in [6, 6.07) is 8.06. The molecule has 1 N–H and O–H groups in total. The van der Waals surface area contributed by atoms with Crippen LogP contribution in [0.5, 0.6) is 17.2 Å². The van der Waals surface area contributed by atoms with Crippen LogP contribution in [0.3, 0.4) is 0 Å². The van der Waals surface area contributed by atoms with Gasteiger partial charge in [0.2, 0.25) is 15.8 Å². The highest BCUT2D eigenvalue weighted by Gasteiger charge is 2.20. The van der Waals surface area contributed by atoms with E-state index in [1.807, 2.05) is 6.92 Å². The molecule has 0 amide bonds. The van der Waals surface area contributed by atoms with E-state index in [9.17, 15) is 13.2 Å². The molecule has 0 fully saturated rings. The molecule has 0 spiro atoms. The molecular weight excluding hydrogens is 416 g/mol. The van der Waals surface area contributed by atoms with Crippen LogP contribution < -0.4 is 23.8 Å². The van der Waals surface area contributed by atoms with Gasteiger partial charge >= 0.3 is 4.87 Å². The number of nitrogens with zero attached hydrogens (tertiary/aromatic N) is 1. The number of rotatable bonds is 8. The summed E-state index contributed by atoms with van der Waals surface area (Å²) in [6.45, 7) is 2.40. The van der Waals surface area contributed by atoms with Crippen molar-refractivity contribution >= 4 is 31.6 Å². The second-order valence-electron chi connectivity index (χ2n) is 6.06. The van der Waals surface area contributed by atoms with Gasteiger partial charge in [-0.2, -0.15) is 0 Å². The number of hydrogen-bond acceptors (Lipinski definition) is 7. The minimum absolute atomic E-state index is 0.00386. The second-order valence-corrected chi connectivity index (χ2v) is 8.82. The van der Waals surface area contributed by atoms with Crippen LogP contribution in [-0.2, 0) is 23.1 Å². The fraction of sp³-hybridized carbons (Fsp3) is 0.316. The zero-order chi connectivity index (χ0) is 21.2. The van der Waals surface area contributed by atoms with Gasteiger partial charge in [0.25, 0.3) is 0 Å². The Labute approximate surface area is 172 Å². The SMILES string of the molecule is CCn1c(=O)sc2cc(S(=O)(=O)NCc3ccc(OC)c(OC)c3OC)ccc21. The Kier molecular flexibility index (Phi) is 6.15. The molecule has 0 aliphatic carbocycles. The molecule has 8 nitrogen and oxygen atoms in total. The van der Waals surface area contributed by atoms with Gasteiger partial charge in [0.15, 0.2) is 11.5 Å². The quantitative estimate of drug-likeness (QED) is 0.581. The number of aryl methyl sites for hydroxylation is 1. The number of aromatic nitrogens is 1. The molecule has 0 unspecified atom stereocenters. The van der Waals surface area contributed by atoms with Crippen LogP contribution in [0.1, 0.15) is 12.5 Å². The number of hydrogen-bond donors (Lipinski definition) is 1. The molecule has 1 aromatic heterocycles. The molecule has 3 aromatic rings. The molecule has 0 aliphatic rings. The predicted molar refractivity (Wildman–Crippen MR) is 112 cm³/mol. The van der Waals surface area contributed by atoms with Crippen molar-refractivity contribution in [2.75, 3.05) is 21.3 Å². The van der Waals surface area contributed by atoms with E-state index in [1.54, 1.807) is 22.8 Å². The summed E-state index contributed by atoms with van der Waals surface area (Å²) < 4.78 is 46.4. The number of methoxy groups -OCH3 is 3. The van der Waals surface area contributed by atoms with Crippen LogP contribution in [0.2, 0.25) is 0 Å². The molecular formula is C19H22N2O6S2. The molecule has 0 aliphatic heterocycles. The first kappa shape index (κ1) is 21.2. The van der Waals surface area contributed by atoms with E-state index >= 15 is 0 Å². The van der Waals surface area contributed by atoms with E-state index in [0.717, 1.165) is 16.9 Å². The normalized spacial score (nSPS) is 11.6. The number of benzene rings is 2. The van der Waals surface area contributed by atoms with Gasteiger partial charge in [-0.1, -0.05) is 17.4 Å². The number of fused-ring (bicyclic) bond motifs is 1. The van der Waals surface area contributed by atoms with E-state index in [4.69, 9.17) is 14.2 Å². The highest BCUT2D eigenvalue weighted by atomic mass is 32.2. The topological polar surface area (TPSA) is 95.9 Å². The Hall–Kier alpha value is -2.56. The maximum absolute atomic E-state index is 12.8. The van der Waals surface area contributed by atoms with Crippen molar-refractivity contribution in [3.8, 4) is 17.2 Å². The van der Waals surface area contributed by atoms with Crippen molar-refractivity contribution in [3.05, 3.63) is 45.6 Å². The number of nitrogens with one attached hydrogen (secondary N) is 1. The van der Waals surface area contributed by atoms with Crippen molar-refractivity contribution < 1.29 is 22.6 Å². The van der Waals surface area contributed by atoms with Gasteiger partial charge in [0.05, 0.1) is 36.4 Å². The number of sulfonamides is 1. The third-order valence-electron chi connectivity index (χ3n) is 4.50.